The van der Waals surface area contributed by atoms with Crippen molar-refractivity contribution in [3.63, 3.8) is 0 Å². The van der Waals surface area contributed by atoms with Crippen LogP contribution in [0, 0.1) is 0 Å². The molecule has 3 aromatic heterocycles. The van der Waals surface area contributed by atoms with Crippen LogP contribution >= 0.6 is 11.3 Å². The molecule has 0 fully saturated rings. The van der Waals surface area contributed by atoms with Crippen molar-refractivity contribution in [3.05, 3.63) is 176 Å². The zero-order valence-corrected chi connectivity index (χ0v) is 29.3. The molecule has 0 atom stereocenters. The first-order valence-electron chi connectivity index (χ1n) is 17.8. The molecule has 4 heteroatoms. The minimum Gasteiger partial charge on any atom is -0.247 e. The van der Waals surface area contributed by atoms with E-state index in [0.29, 0.717) is 0 Å². The minimum absolute atomic E-state index is 0.733. The molecule has 0 aliphatic rings. The van der Waals surface area contributed by atoms with Gasteiger partial charge in [-0.15, -0.1) is 11.3 Å². The average Bonchev–Trinajstić information content (AvgIpc) is 3.62. The monoisotopic (exact) mass is 691 g/mol. The standard InChI is InChI=1S/C49H29N3S/c1-2-11-30(12-3-1)48-42-25-26-45-47(41-17-8-9-18-44(41)53-45)46(42)40-20-19-31(29-43(40)52-48)32-21-22-37(34-14-5-4-13-33(32)34)38-23-24-39(49-50-27-10-28-51-49)36-16-7-6-15-35(36)38/h1-29H. The van der Waals surface area contributed by atoms with Gasteiger partial charge in [0.2, 0.25) is 0 Å². The Bertz CT molecular complexity index is 3220. The Morgan fingerprint density at radius 1 is 0.358 bits per heavy atom. The topological polar surface area (TPSA) is 38.7 Å². The van der Waals surface area contributed by atoms with Gasteiger partial charge >= 0.3 is 0 Å². The summed E-state index contributed by atoms with van der Waals surface area (Å²) in [5, 5.41) is 11.0. The quantitative estimate of drug-likeness (QED) is 0.172. The van der Waals surface area contributed by atoms with Crippen molar-refractivity contribution in [1.29, 1.82) is 0 Å². The second-order valence-corrected chi connectivity index (χ2v) is 14.6. The summed E-state index contributed by atoms with van der Waals surface area (Å²) in [5.41, 5.74) is 8.88. The second kappa shape index (κ2) is 11.9. The summed E-state index contributed by atoms with van der Waals surface area (Å²) in [7, 11) is 0. The maximum Gasteiger partial charge on any atom is 0.159 e. The summed E-state index contributed by atoms with van der Waals surface area (Å²) in [6, 6.07) is 58.9. The van der Waals surface area contributed by atoms with Gasteiger partial charge in [0.05, 0.1) is 11.2 Å². The molecule has 0 spiro atoms. The summed E-state index contributed by atoms with van der Waals surface area (Å²) in [4.78, 5) is 14.6. The summed E-state index contributed by atoms with van der Waals surface area (Å²) in [6.45, 7) is 0. The number of nitrogens with zero attached hydrogens (tertiary/aromatic N) is 3. The number of hydrogen-bond donors (Lipinski definition) is 0. The van der Waals surface area contributed by atoms with Gasteiger partial charge in [-0.3, -0.25) is 0 Å². The van der Waals surface area contributed by atoms with E-state index in [1.807, 2.05) is 17.4 Å². The molecule has 0 saturated carbocycles. The Morgan fingerprint density at radius 3 is 1.68 bits per heavy atom. The van der Waals surface area contributed by atoms with Gasteiger partial charge in [-0.25, -0.2) is 15.0 Å². The van der Waals surface area contributed by atoms with Gasteiger partial charge in [0.1, 0.15) is 0 Å². The summed E-state index contributed by atoms with van der Waals surface area (Å²) < 4.78 is 2.60. The predicted octanol–water partition coefficient (Wildman–Crippen LogP) is 13.5. The number of thiophene rings is 1. The SMILES string of the molecule is c1ccc(-c2nc3cc(-c4ccc(-c5ccc(-c6ncccn6)c6ccccc56)c5ccccc45)ccc3c3c2ccc2sc4ccccc4c23)cc1. The molecule has 0 amide bonds. The van der Waals surface area contributed by atoms with Crippen LogP contribution in [0.3, 0.4) is 0 Å². The number of rotatable bonds is 4. The van der Waals surface area contributed by atoms with Crippen LogP contribution in [0.15, 0.2) is 176 Å². The Hall–Kier alpha value is -6.75. The minimum atomic E-state index is 0.733. The maximum absolute atomic E-state index is 5.44. The Labute approximate surface area is 309 Å². The van der Waals surface area contributed by atoms with Gasteiger partial charge in [-0.2, -0.15) is 0 Å². The van der Waals surface area contributed by atoms with Crippen LogP contribution < -0.4 is 0 Å². The highest BCUT2D eigenvalue weighted by molar-refractivity contribution is 7.26. The zero-order chi connectivity index (χ0) is 34.9. The molecule has 3 heterocycles. The summed E-state index contributed by atoms with van der Waals surface area (Å²) in [5.74, 6) is 0.733. The molecule has 11 aromatic rings. The molecule has 0 N–H and O–H groups in total. The van der Waals surface area contributed by atoms with Crippen LogP contribution in [0.25, 0.3) is 108 Å². The molecule has 3 nitrogen and oxygen atoms in total. The van der Waals surface area contributed by atoms with E-state index >= 15 is 0 Å². The van der Waals surface area contributed by atoms with E-state index in [9.17, 15) is 0 Å². The van der Waals surface area contributed by atoms with Gasteiger partial charge in [-0.1, -0.05) is 133 Å². The van der Waals surface area contributed by atoms with E-state index in [-0.39, 0.29) is 0 Å². The van der Waals surface area contributed by atoms with Crippen LogP contribution in [0.2, 0.25) is 0 Å². The fourth-order valence-electron chi connectivity index (χ4n) is 8.25. The van der Waals surface area contributed by atoms with Gasteiger partial charge in [0.15, 0.2) is 5.82 Å². The van der Waals surface area contributed by atoms with Crippen molar-refractivity contribution in [2.75, 3.05) is 0 Å². The predicted molar refractivity (Wildman–Crippen MR) is 224 cm³/mol. The lowest BCUT2D eigenvalue weighted by Crippen LogP contribution is -1.92. The van der Waals surface area contributed by atoms with Crippen LogP contribution in [-0.4, -0.2) is 15.0 Å². The van der Waals surface area contributed by atoms with Crippen LogP contribution in [0.5, 0.6) is 0 Å². The first-order valence-corrected chi connectivity index (χ1v) is 18.7. The molecule has 0 unspecified atom stereocenters. The molecular weight excluding hydrogens is 663 g/mol. The molecule has 0 aliphatic heterocycles. The largest absolute Gasteiger partial charge is 0.247 e. The average molecular weight is 692 g/mol. The van der Waals surface area contributed by atoms with E-state index in [0.717, 1.165) is 39.1 Å². The van der Waals surface area contributed by atoms with E-state index in [1.54, 1.807) is 12.4 Å². The van der Waals surface area contributed by atoms with Crippen molar-refractivity contribution >= 4 is 74.7 Å². The van der Waals surface area contributed by atoms with E-state index < -0.39 is 0 Å². The fourth-order valence-corrected chi connectivity index (χ4v) is 9.36. The number of benzene rings is 8. The lowest BCUT2D eigenvalue weighted by Gasteiger charge is -2.16. The smallest absolute Gasteiger partial charge is 0.159 e. The van der Waals surface area contributed by atoms with Gasteiger partial charge < -0.3 is 0 Å². The van der Waals surface area contributed by atoms with E-state index in [4.69, 9.17) is 4.98 Å². The third kappa shape index (κ3) is 4.70. The molecule has 246 valence electrons. The first kappa shape index (κ1) is 29.9. The van der Waals surface area contributed by atoms with Crippen molar-refractivity contribution in [1.82, 2.24) is 15.0 Å². The van der Waals surface area contributed by atoms with E-state index in [2.05, 4.69) is 168 Å². The number of pyridine rings is 1. The number of aromatic nitrogens is 3. The van der Waals surface area contributed by atoms with Crippen molar-refractivity contribution in [2.24, 2.45) is 0 Å². The highest BCUT2D eigenvalue weighted by atomic mass is 32.1. The molecule has 11 rings (SSSR count). The molecule has 8 aromatic carbocycles. The molecule has 0 saturated heterocycles. The molecule has 0 radical (unpaired) electrons. The fraction of sp³-hybridized carbons (Fsp3) is 0. The van der Waals surface area contributed by atoms with E-state index in [1.165, 1.54) is 69.2 Å². The van der Waals surface area contributed by atoms with Crippen LogP contribution in [-0.2, 0) is 0 Å². The normalized spacial score (nSPS) is 11.8. The lowest BCUT2D eigenvalue weighted by atomic mass is 9.88. The van der Waals surface area contributed by atoms with Gasteiger partial charge in [0, 0.05) is 59.9 Å². The van der Waals surface area contributed by atoms with Crippen molar-refractivity contribution < 1.29 is 0 Å². The van der Waals surface area contributed by atoms with Crippen molar-refractivity contribution in [3.8, 4) is 44.9 Å². The van der Waals surface area contributed by atoms with Crippen LogP contribution in [0.1, 0.15) is 0 Å². The van der Waals surface area contributed by atoms with Crippen LogP contribution in [0.4, 0.5) is 0 Å². The third-order valence-corrected chi connectivity index (χ3v) is 11.7. The first-order chi connectivity index (χ1) is 26.3. The van der Waals surface area contributed by atoms with Crippen molar-refractivity contribution in [2.45, 2.75) is 0 Å². The summed E-state index contributed by atoms with van der Waals surface area (Å²) in [6.07, 6.45) is 3.60. The molecular formula is C49H29N3S. The molecule has 0 aliphatic carbocycles. The lowest BCUT2D eigenvalue weighted by molar-refractivity contribution is 1.18. The number of hydrogen-bond acceptors (Lipinski definition) is 4. The second-order valence-electron chi connectivity index (χ2n) is 13.5. The highest BCUT2D eigenvalue weighted by Crippen LogP contribution is 2.45. The third-order valence-electron chi connectivity index (χ3n) is 10.6. The Morgan fingerprint density at radius 2 is 0.943 bits per heavy atom. The molecule has 0 bridgehead atoms. The zero-order valence-electron chi connectivity index (χ0n) is 28.5. The summed E-state index contributed by atoms with van der Waals surface area (Å²) >= 11 is 1.86. The maximum atomic E-state index is 5.44. The Balaban J connectivity index is 1.14. The van der Waals surface area contributed by atoms with Gasteiger partial charge in [-0.05, 0) is 74.1 Å². The Kier molecular flexibility index (Phi) is 6.73. The van der Waals surface area contributed by atoms with Gasteiger partial charge in [0.25, 0.3) is 0 Å². The molecule has 53 heavy (non-hydrogen) atoms. The number of fused-ring (bicyclic) bond motifs is 9. The highest BCUT2D eigenvalue weighted by Gasteiger charge is 2.19.